The van der Waals surface area contributed by atoms with E-state index in [0.717, 1.165) is 0 Å². The van der Waals surface area contributed by atoms with Crippen LogP contribution in [0.15, 0.2) is 24.3 Å². The van der Waals surface area contributed by atoms with Gasteiger partial charge in [-0.25, -0.2) is 0 Å². The Kier molecular flexibility index (Phi) is 1.66. The molecule has 3 rings (SSSR count). The van der Waals surface area contributed by atoms with Crippen molar-refractivity contribution in [3.05, 3.63) is 29.8 Å². The zero-order chi connectivity index (χ0) is 11.3. The van der Waals surface area contributed by atoms with Crippen LogP contribution in [0.4, 0.5) is 5.69 Å². The SMILES string of the molecule is N#Cc1ccc(N2C(=O)C3CC3C2=O)cc1. The van der Waals surface area contributed by atoms with Crippen molar-refractivity contribution in [1.82, 2.24) is 0 Å². The maximum absolute atomic E-state index is 11.8. The average Bonchev–Trinajstić information content (AvgIpc) is 3.05. The quantitative estimate of drug-likeness (QED) is 0.654. The van der Waals surface area contributed by atoms with E-state index in [1.54, 1.807) is 24.3 Å². The third kappa shape index (κ3) is 1.09. The van der Waals surface area contributed by atoms with Gasteiger partial charge in [-0.1, -0.05) is 0 Å². The Labute approximate surface area is 92.1 Å². The fourth-order valence-corrected chi connectivity index (χ4v) is 2.12. The number of benzene rings is 1. The largest absolute Gasteiger partial charge is 0.274 e. The molecule has 1 aliphatic heterocycles. The van der Waals surface area contributed by atoms with Gasteiger partial charge in [0.1, 0.15) is 0 Å². The summed E-state index contributed by atoms with van der Waals surface area (Å²) in [6, 6.07) is 8.49. The molecule has 0 spiro atoms. The Morgan fingerprint density at radius 3 is 2.19 bits per heavy atom. The van der Waals surface area contributed by atoms with Crippen LogP contribution in [0, 0.1) is 23.2 Å². The van der Waals surface area contributed by atoms with E-state index in [0.29, 0.717) is 17.7 Å². The summed E-state index contributed by atoms with van der Waals surface area (Å²) in [5.41, 5.74) is 1.09. The van der Waals surface area contributed by atoms with E-state index in [4.69, 9.17) is 5.26 Å². The summed E-state index contributed by atoms with van der Waals surface area (Å²) >= 11 is 0. The van der Waals surface area contributed by atoms with E-state index in [2.05, 4.69) is 0 Å². The molecule has 78 valence electrons. The van der Waals surface area contributed by atoms with E-state index >= 15 is 0 Å². The highest BCUT2D eigenvalue weighted by molar-refractivity contribution is 6.24. The number of hydrogen-bond acceptors (Lipinski definition) is 3. The second kappa shape index (κ2) is 2.92. The molecule has 0 radical (unpaired) electrons. The lowest BCUT2D eigenvalue weighted by Gasteiger charge is -2.16. The molecule has 1 saturated heterocycles. The van der Waals surface area contributed by atoms with Crippen LogP contribution < -0.4 is 4.90 Å². The molecule has 2 atom stereocenters. The summed E-state index contributed by atoms with van der Waals surface area (Å²) < 4.78 is 0. The molecule has 1 heterocycles. The lowest BCUT2D eigenvalue weighted by atomic mass is 10.2. The molecule has 1 aromatic rings. The van der Waals surface area contributed by atoms with Gasteiger partial charge in [-0.3, -0.25) is 14.5 Å². The van der Waals surface area contributed by atoms with Crippen LogP contribution in [-0.2, 0) is 9.59 Å². The summed E-state index contributed by atoms with van der Waals surface area (Å²) in [7, 11) is 0. The molecule has 1 saturated carbocycles. The second-order valence-electron chi connectivity index (χ2n) is 4.12. The first-order chi connectivity index (χ1) is 7.72. The van der Waals surface area contributed by atoms with Crippen LogP contribution in [-0.4, -0.2) is 11.8 Å². The minimum absolute atomic E-state index is 0.0804. The molecule has 0 aromatic heterocycles. The van der Waals surface area contributed by atoms with Gasteiger partial charge in [0, 0.05) is 0 Å². The van der Waals surface area contributed by atoms with Gasteiger partial charge in [0.05, 0.1) is 29.2 Å². The lowest BCUT2D eigenvalue weighted by Crippen LogP contribution is -2.32. The first-order valence-corrected chi connectivity index (χ1v) is 5.10. The molecule has 1 aliphatic carbocycles. The first-order valence-electron chi connectivity index (χ1n) is 5.10. The Hall–Kier alpha value is -2.15. The number of anilines is 1. The summed E-state index contributed by atoms with van der Waals surface area (Å²) in [4.78, 5) is 24.7. The highest BCUT2D eigenvalue weighted by atomic mass is 16.2. The first kappa shape index (κ1) is 9.10. The van der Waals surface area contributed by atoms with E-state index < -0.39 is 0 Å². The summed E-state index contributed by atoms with van der Waals surface area (Å²) in [6.07, 6.45) is 0.713. The predicted octanol–water partition coefficient (Wildman–Crippen LogP) is 1.07. The van der Waals surface area contributed by atoms with E-state index in [-0.39, 0.29) is 23.7 Å². The number of nitrogens with zero attached hydrogens (tertiary/aromatic N) is 2. The minimum atomic E-state index is -0.0975. The molecule has 2 aliphatic rings. The number of nitriles is 1. The van der Waals surface area contributed by atoms with Crippen molar-refractivity contribution in [2.75, 3.05) is 4.90 Å². The number of carbonyl (C=O) groups excluding carboxylic acids is 2. The third-order valence-corrected chi connectivity index (χ3v) is 3.12. The van der Waals surface area contributed by atoms with Gasteiger partial charge in [-0.05, 0) is 30.7 Å². The fraction of sp³-hybridized carbons (Fsp3) is 0.250. The average molecular weight is 212 g/mol. The monoisotopic (exact) mass is 212 g/mol. The van der Waals surface area contributed by atoms with E-state index in [1.165, 1.54) is 4.90 Å². The predicted molar refractivity (Wildman–Crippen MR) is 55.2 cm³/mol. The van der Waals surface area contributed by atoms with Crippen molar-refractivity contribution < 1.29 is 9.59 Å². The normalized spacial score (nSPS) is 26.6. The van der Waals surface area contributed by atoms with Gasteiger partial charge in [0.15, 0.2) is 0 Å². The molecule has 0 bridgehead atoms. The molecule has 2 amide bonds. The van der Waals surface area contributed by atoms with Crippen LogP contribution in [0.1, 0.15) is 12.0 Å². The lowest BCUT2D eigenvalue weighted by molar-refractivity contribution is -0.123. The number of amides is 2. The smallest absolute Gasteiger partial charge is 0.237 e. The minimum Gasteiger partial charge on any atom is -0.274 e. The summed E-state index contributed by atoms with van der Waals surface area (Å²) in [6.45, 7) is 0. The van der Waals surface area contributed by atoms with Gasteiger partial charge in [-0.2, -0.15) is 5.26 Å². The standard InChI is InChI=1S/C12H8N2O2/c13-6-7-1-3-8(4-2-7)14-11(15)9-5-10(9)12(14)16/h1-4,9-10H,5H2. The van der Waals surface area contributed by atoms with Crippen molar-refractivity contribution in [2.24, 2.45) is 11.8 Å². The molecule has 0 N–H and O–H groups in total. The zero-order valence-corrected chi connectivity index (χ0v) is 8.38. The molecule has 1 aromatic carbocycles. The molecule has 4 heteroatoms. The molecular formula is C12H8N2O2. The van der Waals surface area contributed by atoms with Crippen molar-refractivity contribution in [1.29, 1.82) is 5.26 Å². The molecule has 2 fully saturated rings. The zero-order valence-electron chi connectivity index (χ0n) is 8.38. The number of rotatable bonds is 1. The van der Waals surface area contributed by atoms with Crippen molar-refractivity contribution in [2.45, 2.75) is 6.42 Å². The van der Waals surface area contributed by atoms with Crippen LogP contribution in [0.3, 0.4) is 0 Å². The van der Waals surface area contributed by atoms with Gasteiger partial charge < -0.3 is 0 Å². The van der Waals surface area contributed by atoms with Crippen LogP contribution in [0.5, 0.6) is 0 Å². The summed E-state index contributed by atoms with van der Waals surface area (Å²) in [5, 5.41) is 8.65. The number of carbonyl (C=O) groups is 2. The fourth-order valence-electron chi connectivity index (χ4n) is 2.12. The Morgan fingerprint density at radius 1 is 1.12 bits per heavy atom. The van der Waals surface area contributed by atoms with Crippen LogP contribution >= 0.6 is 0 Å². The highest BCUT2D eigenvalue weighted by Crippen LogP contribution is 2.48. The third-order valence-electron chi connectivity index (χ3n) is 3.12. The topological polar surface area (TPSA) is 61.2 Å². The van der Waals surface area contributed by atoms with Crippen molar-refractivity contribution >= 4 is 17.5 Å². The van der Waals surface area contributed by atoms with Gasteiger partial charge in [0.25, 0.3) is 0 Å². The van der Waals surface area contributed by atoms with E-state index in [1.807, 2.05) is 6.07 Å². The second-order valence-corrected chi connectivity index (χ2v) is 4.12. The maximum atomic E-state index is 11.8. The Balaban J connectivity index is 1.95. The van der Waals surface area contributed by atoms with E-state index in [9.17, 15) is 9.59 Å². The Bertz CT molecular complexity index is 507. The van der Waals surface area contributed by atoms with Gasteiger partial charge in [-0.15, -0.1) is 0 Å². The number of fused-ring (bicyclic) bond motifs is 1. The summed E-state index contributed by atoms with van der Waals surface area (Å²) in [5.74, 6) is -0.356. The van der Waals surface area contributed by atoms with Gasteiger partial charge >= 0.3 is 0 Å². The highest BCUT2D eigenvalue weighted by Gasteiger charge is 2.59. The molecule has 16 heavy (non-hydrogen) atoms. The number of imide groups is 1. The number of hydrogen-bond donors (Lipinski definition) is 0. The van der Waals surface area contributed by atoms with Gasteiger partial charge in [0.2, 0.25) is 11.8 Å². The Morgan fingerprint density at radius 2 is 1.69 bits per heavy atom. The molecule has 2 unspecified atom stereocenters. The molecular weight excluding hydrogens is 204 g/mol. The maximum Gasteiger partial charge on any atom is 0.237 e. The van der Waals surface area contributed by atoms with Crippen LogP contribution in [0.2, 0.25) is 0 Å². The van der Waals surface area contributed by atoms with Crippen molar-refractivity contribution in [3.63, 3.8) is 0 Å². The molecule has 4 nitrogen and oxygen atoms in total. The van der Waals surface area contributed by atoms with Crippen LogP contribution in [0.25, 0.3) is 0 Å². The van der Waals surface area contributed by atoms with Crippen molar-refractivity contribution in [3.8, 4) is 6.07 Å². The number of piperidine rings is 1.